The lowest BCUT2D eigenvalue weighted by molar-refractivity contribution is 0.131. The molecular formula is C25H39N7. The van der Waals surface area contributed by atoms with Crippen molar-refractivity contribution in [3.05, 3.63) is 53.3 Å². The Morgan fingerprint density at radius 3 is 2.50 bits per heavy atom. The predicted molar refractivity (Wildman–Crippen MR) is 131 cm³/mol. The van der Waals surface area contributed by atoms with E-state index in [1.54, 1.807) is 0 Å². The Labute approximate surface area is 193 Å². The number of likely N-dealkylation sites (tertiary alicyclic amines) is 1. The number of hydrogen-bond acceptors (Lipinski definition) is 4. The highest BCUT2D eigenvalue weighted by molar-refractivity contribution is 5.80. The molecule has 0 amide bonds. The smallest absolute Gasteiger partial charge is 0.194 e. The third kappa shape index (κ3) is 5.70. The van der Waals surface area contributed by atoms with Crippen molar-refractivity contribution in [3.63, 3.8) is 0 Å². The lowest BCUT2D eigenvalue weighted by Gasteiger charge is -2.34. The number of rotatable bonds is 7. The molecule has 0 bridgehead atoms. The lowest BCUT2D eigenvalue weighted by Crippen LogP contribution is -2.45. The summed E-state index contributed by atoms with van der Waals surface area (Å²) < 4.78 is 1.90. The van der Waals surface area contributed by atoms with Crippen LogP contribution in [-0.4, -0.2) is 82.8 Å². The van der Waals surface area contributed by atoms with E-state index < -0.39 is 0 Å². The molecular weight excluding hydrogens is 398 g/mol. The van der Waals surface area contributed by atoms with Gasteiger partial charge in [0.15, 0.2) is 5.96 Å². The number of aromatic nitrogens is 2. The van der Waals surface area contributed by atoms with Gasteiger partial charge in [-0.1, -0.05) is 31.2 Å². The molecule has 7 nitrogen and oxygen atoms in total. The van der Waals surface area contributed by atoms with Crippen molar-refractivity contribution < 1.29 is 0 Å². The second-order valence-corrected chi connectivity index (χ2v) is 9.03. The molecule has 2 fully saturated rings. The van der Waals surface area contributed by atoms with Gasteiger partial charge in [-0.3, -0.25) is 9.58 Å². The zero-order chi connectivity index (χ0) is 22.3. The average molecular weight is 438 g/mol. The molecule has 0 spiro atoms. The third-order valence-corrected chi connectivity index (χ3v) is 6.84. The topological polar surface area (TPSA) is 51.9 Å². The van der Waals surface area contributed by atoms with Crippen molar-refractivity contribution in [3.8, 4) is 0 Å². The van der Waals surface area contributed by atoms with Gasteiger partial charge in [-0.25, -0.2) is 4.99 Å². The van der Waals surface area contributed by atoms with Gasteiger partial charge in [-0.05, 0) is 36.6 Å². The second-order valence-electron chi connectivity index (χ2n) is 9.03. The number of nitrogens with zero attached hydrogens (tertiary/aromatic N) is 6. The van der Waals surface area contributed by atoms with Crippen LogP contribution in [0.15, 0.2) is 41.7 Å². The summed E-state index contributed by atoms with van der Waals surface area (Å²) >= 11 is 0. The fraction of sp³-hybridized carbons (Fsp3) is 0.600. The molecule has 2 aliphatic rings. The summed E-state index contributed by atoms with van der Waals surface area (Å²) in [5.74, 6) is 1.56. The zero-order valence-electron chi connectivity index (χ0n) is 20.0. The van der Waals surface area contributed by atoms with Gasteiger partial charge in [0, 0.05) is 71.5 Å². The Balaban J connectivity index is 1.40. The highest BCUT2D eigenvalue weighted by Crippen LogP contribution is 2.27. The van der Waals surface area contributed by atoms with Crippen LogP contribution < -0.4 is 5.32 Å². The first-order chi connectivity index (χ1) is 15.7. The van der Waals surface area contributed by atoms with E-state index in [0.29, 0.717) is 5.92 Å². The van der Waals surface area contributed by atoms with Gasteiger partial charge in [-0.15, -0.1) is 0 Å². The number of nitrogens with one attached hydrogen (secondary N) is 1. The van der Waals surface area contributed by atoms with Gasteiger partial charge in [0.25, 0.3) is 0 Å². The van der Waals surface area contributed by atoms with Crippen molar-refractivity contribution in [2.75, 3.05) is 52.4 Å². The first-order valence-electron chi connectivity index (χ1n) is 12.2. The van der Waals surface area contributed by atoms with Crippen LogP contribution in [0.5, 0.6) is 0 Å². The molecule has 0 aliphatic carbocycles. The number of benzene rings is 1. The van der Waals surface area contributed by atoms with E-state index >= 15 is 0 Å². The molecule has 1 unspecified atom stereocenters. The molecule has 32 heavy (non-hydrogen) atoms. The van der Waals surface area contributed by atoms with Crippen molar-refractivity contribution in [2.24, 2.45) is 12.0 Å². The van der Waals surface area contributed by atoms with Crippen LogP contribution in [0.2, 0.25) is 0 Å². The van der Waals surface area contributed by atoms with Gasteiger partial charge in [0.1, 0.15) is 0 Å². The Kier molecular flexibility index (Phi) is 7.81. The van der Waals surface area contributed by atoms with Crippen molar-refractivity contribution >= 4 is 5.96 Å². The van der Waals surface area contributed by atoms with Gasteiger partial charge in [0.2, 0.25) is 0 Å². The normalized spacial score (nSPS) is 20.8. The first kappa shape index (κ1) is 22.8. The summed E-state index contributed by atoms with van der Waals surface area (Å²) in [5, 5.41) is 7.88. The number of aryl methyl sites for hydroxylation is 1. The van der Waals surface area contributed by atoms with E-state index in [1.165, 1.54) is 29.8 Å². The first-order valence-corrected chi connectivity index (χ1v) is 12.2. The van der Waals surface area contributed by atoms with Crippen molar-refractivity contribution in [1.29, 1.82) is 0 Å². The molecule has 2 aliphatic heterocycles. The summed E-state index contributed by atoms with van der Waals surface area (Å²) in [7, 11) is 1.99. The lowest BCUT2D eigenvalue weighted by atomic mass is 10.0. The van der Waals surface area contributed by atoms with E-state index in [9.17, 15) is 0 Å². The minimum absolute atomic E-state index is 0.529. The van der Waals surface area contributed by atoms with Crippen LogP contribution in [0.3, 0.4) is 0 Å². The van der Waals surface area contributed by atoms with Crippen LogP contribution in [-0.2, 0) is 20.1 Å². The van der Waals surface area contributed by atoms with E-state index in [1.807, 2.05) is 17.9 Å². The molecule has 1 aromatic carbocycles. The maximum atomic E-state index is 5.06. The highest BCUT2D eigenvalue weighted by atomic mass is 15.3. The van der Waals surface area contributed by atoms with Gasteiger partial charge >= 0.3 is 0 Å². The summed E-state index contributed by atoms with van der Waals surface area (Å²) in [5.41, 5.74) is 4.08. The molecule has 3 heterocycles. The molecule has 4 rings (SSSR count). The van der Waals surface area contributed by atoms with Crippen LogP contribution >= 0.6 is 0 Å². The molecule has 0 radical (unpaired) electrons. The van der Waals surface area contributed by atoms with Crippen molar-refractivity contribution in [2.45, 2.75) is 39.3 Å². The van der Waals surface area contributed by atoms with Crippen LogP contribution in [0.25, 0.3) is 0 Å². The Morgan fingerprint density at radius 1 is 1.06 bits per heavy atom. The Bertz CT molecular complexity index is 882. The second kappa shape index (κ2) is 11.0. The number of hydrogen-bond donors (Lipinski definition) is 1. The zero-order valence-corrected chi connectivity index (χ0v) is 20.0. The van der Waals surface area contributed by atoms with E-state index in [2.05, 4.69) is 69.4 Å². The predicted octanol–water partition coefficient (Wildman–Crippen LogP) is 2.51. The minimum Gasteiger partial charge on any atom is -0.357 e. The fourth-order valence-corrected chi connectivity index (χ4v) is 4.83. The van der Waals surface area contributed by atoms with Crippen LogP contribution in [0.4, 0.5) is 0 Å². The third-order valence-electron chi connectivity index (χ3n) is 6.84. The summed E-state index contributed by atoms with van der Waals surface area (Å²) in [6.07, 6.45) is 5.31. The summed E-state index contributed by atoms with van der Waals surface area (Å²) in [6.45, 7) is 14.9. The van der Waals surface area contributed by atoms with Gasteiger partial charge in [0.05, 0.1) is 12.7 Å². The largest absolute Gasteiger partial charge is 0.357 e. The number of aliphatic imine (C=N–C) groups is 1. The highest BCUT2D eigenvalue weighted by Gasteiger charge is 2.27. The quantitative estimate of drug-likeness (QED) is 0.533. The standard InChI is InChI=1S/C25H39N7/c1-4-26-25(32-11-10-23(20-32)24-17-28-29(3)18-24)27-16-21-8-6-7-9-22(21)19-31-14-12-30(5-2)13-15-31/h6-9,17-18,23H,4-5,10-16,19-20H2,1-3H3,(H,26,27). The van der Waals surface area contributed by atoms with Gasteiger partial charge in [-0.2, -0.15) is 5.10 Å². The van der Waals surface area contributed by atoms with E-state index in [-0.39, 0.29) is 0 Å². The van der Waals surface area contributed by atoms with E-state index in [4.69, 9.17) is 4.99 Å². The minimum atomic E-state index is 0.529. The molecule has 1 aromatic heterocycles. The molecule has 2 saturated heterocycles. The maximum absolute atomic E-state index is 5.06. The average Bonchev–Trinajstić information content (AvgIpc) is 3.47. The molecule has 0 saturated carbocycles. The van der Waals surface area contributed by atoms with Gasteiger partial charge < -0.3 is 15.1 Å². The number of likely N-dealkylation sites (N-methyl/N-ethyl adjacent to an activating group) is 1. The summed E-state index contributed by atoms with van der Waals surface area (Å²) in [6, 6.07) is 8.82. The SMILES string of the molecule is CCNC(=NCc1ccccc1CN1CCN(CC)CC1)N1CCC(c2cnn(C)c2)C1. The summed E-state index contributed by atoms with van der Waals surface area (Å²) in [4.78, 5) is 12.6. The maximum Gasteiger partial charge on any atom is 0.194 e. The van der Waals surface area contributed by atoms with Crippen LogP contribution in [0, 0.1) is 0 Å². The number of guanidine groups is 1. The molecule has 2 aromatic rings. The molecule has 174 valence electrons. The molecule has 7 heteroatoms. The molecule has 1 N–H and O–H groups in total. The molecule has 1 atom stereocenters. The monoisotopic (exact) mass is 437 g/mol. The fourth-order valence-electron chi connectivity index (χ4n) is 4.83. The Hall–Kier alpha value is -2.38. The Morgan fingerprint density at radius 2 is 1.81 bits per heavy atom. The van der Waals surface area contributed by atoms with Crippen LogP contribution in [0.1, 0.15) is 42.9 Å². The van der Waals surface area contributed by atoms with Crippen molar-refractivity contribution in [1.82, 2.24) is 29.8 Å². The van der Waals surface area contributed by atoms with E-state index in [0.717, 1.165) is 64.7 Å². The number of piperazine rings is 1.